The van der Waals surface area contributed by atoms with Crippen LogP contribution in [0.5, 0.6) is 0 Å². The SMILES string of the molecule is COCCNC(=O)CC[C@H]1CN(Cc2ccccc2)CC[C@H]1N1CCN(c2cccc(C(F)(F)F)c2)CC1. The van der Waals surface area contributed by atoms with Gasteiger partial charge in [-0.05, 0) is 49.1 Å². The molecule has 4 rings (SSSR count). The first kappa shape index (κ1) is 28.4. The molecule has 0 bridgehead atoms. The van der Waals surface area contributed by atoms with Gasteiger partial charge in [0.1, 0.15) is 0 Å². The van der Waals surface area contributed by atoms with Crippen LogP contribution in [0.2, 0.25) is 0 Å². The van der Waals surface area contributed by atoms with E-state index >= 15 is 0 Å². The third-order valence-corrected chi connectivity index (χ3v) is 7.72. The quantitative estimate of drug-likeness (QED) is 0.464. The number of nitrogens with one attached hydrogen (secondary N) is 1. The summed E-state index contributed by atoms with van der Waals surface area (Å²) in [7, 11) is 1.62. The molecule has 0 aliphatic carbocycles. The Labute approximate surface area is 223 Å². The number of nitrogens with zero attached hydrogens (tertiary/aromatic N) is 3. The van der Waals surface area contributed by atoms with Crippen LogP contribution in [0.4, 0.5) is 18.9 Å². The van der Waals surface area contributed by atoms with Crippen molar-refractivity contribution in [3.05, 3.63) is 65.7 Å². The molecule has 0 saturated carbocycles. The van der Waals surface area contributed by atoms with E-state index in [1.54, 1.807) is 13.2 Å². The van der Waals surface area contributed by atoms with Crippen LogP contribution in [-0.2, 0) is 22.3 Å². The molecule has 0 radical (unpaired) electrons. The van der Waals surface area contributed by atoms with E-state index < -0.39 is 11.7 Å². The molecular formula is C29H39F3N4O2. The van der Waals surface area contributed by atoms with Crippen LogP contribution < -0.4 is 10.2 Å². The summed E-state index contributed by atoms with van der Waals surface area (Å²) in [6, 6.07) is 16.4. The highest BCUT2D eigenvalue weighted by atomic mass is 19.4. The predicted octanol–water partition coefficient (Wildman–Crippen LogP) is 4.26. The topological polar surface area (TPSA) is 48.1 Å². The summed E-state index contributed by atoms with van der Waals surface area (Å²) in [6.45, 7) is 6.81. The molecule has 9 heteroatoms. The smallest absolute Gasteiger partial charge is 0.383 e. The van der Waals surface area contributed by atoms with E-state index in [9.17, 15) is 18.0 Å². The van der Waals surface area contributed by atoms with E-state index in [1.165, 1.54) is 17.7 Å². The molecule has 6 nitrogen and oxygen atoms in total. The number of ether oxygens (including phenoxy) is 1. The number of benzene rings is 2. The molecule has 2 fully saturated rings. The molecule has 0 spiro atoms. The van der Waals surface area contributed by atoms with Gasteiger partial charge in [-0.2, -0.15) is 13.2 Å². The van der Waals surface area contributed by atoms with Crippen LogP contribution in [0.15, 0.2) is 54.6 Å². The zero-order valence-corrected chi connectivity index (χ0v) is 22.1. The highest BCUT2D eigenvalue weighted by molar-refractivity contribution is 5.75. The van der Waals surface area contributed by atoms with Gasteiger partial charge >= 0.3 is 6.18 Å². The summed E-state index contributed by atoms with van der Waals surface area (Å²) in [4.78, 5) is 19.5. The van der Waals surface area contributed by atoms with Crippen molar-refractivity contribution in [1.82, 2.24) is 15.1 Å². The summed E-state index contributed by atoms with van der Waals surface area (Å²) >= 11 is 0. The number of carbonyl (C=O) groups excluding carboxylic acids is 1. The number of alkyl halides is 3. The van der Waals surface area contributed by atoms with Crippen molar-refractivity contribution >= 4 is 11.6 Å². The molecular weight excluding hydrogens is 493 g/mol. The van der Waals surface area contributed by atoms with Gasteiger partial charge in [-0.15, -0.1) is 0 Å². The standard InChI is InChI=1S/C29H39F3N4O2/c1-38-19-13-33-28(37)11-10-24-22-34(21-23-6-3-2-4-7-23)14-12-27(24)36-17-15-35(16-18-36)26-9-5-8-25(20-26)29(30,31)32/h2-9,20,24,27H,10-19,21-22H2,1H3,(H,33,37)/t24-,27+/m0/s1. The van der Waals surface area contributed by atoms with Crippen molar-refractivity contribution < 1.29 is 22.7 Å². The molecule has 0 aromatic heterocycles. The van der Waals surface area contributed by atoms with Crippen molar-refractivity contribution in [2.45, 2.75) is 38.0 Å². The second kappa shape index (κ2) is 13.4. The van der Waals surface area contributed by atoms with E-state index in [-0.39, 0.29) is 5.91 Å². The molecule has 2 saturated heterocycles. The van der Waals surface area contributed by atoms with Crippen LogP contribution in [0.25, 0.3) is 0 Å². The largest absolute Gasteiger partial charge is 0.416 e. The first-order valence-electron chi connectivity index (χ1n) is 13.5. The summed E-state index contributed by atoms with van der Waals surface area (Å²) in [5.41, 5.74) is 1.31. The minimum atomic E-state index is -4.34. The van der Waals surface area contributed by atoms with Gasteiger partial charge in [0.15, 0.2) is 0 Å². The van der Waals surface area contributed by atoms with Gasteiger partial charge in [-0.3, -0.25) is 14.6 Å². The predicted molar refractivity (Wildman–Crippen MR) is 143 cm³/mol. The Morgan fingerprint density at radius 3 is 2.50 bits per heavy atom. The van der Waals surface area contributed by atoms with Crippen molar-refractivity contribution in [3.8, 4) is 0 Å². The van der Waals surface area contributed by atoms with Crippen LogP contribution in [0.3, 0.4) is 0 Å². The Bertz CT molecular complexity index is 1010. The van der Waals surface area contributed by atoms with Gasteiger partial charge in [0.2, 0.25) is 5.91 Å². The maximum absolute atomic E-state index is 13.2. The fourth-order valence-corrected chi connectivity index (χ4v) is 5.73. The summed E-state index contributed by atoms with van der Waals surface area (Å²) in [5, 5.41) is 2.93. The van der Waals surface area contributed by atoms with E-state index in [1.807, 2.05) is 6.07 Å². The lowest BCUT2D eigenvalue weighted by atomic mass is 9.86. The highest BCUT2D eigenvalue weighted by Gasteiger charge is 2.35. The number of halogens is 3. The zero-order valence-electron chi connectivity index (χ0n) is 22.1. The minimum Gasteiger partial charge on any atom is -0.383 e. The fraction of sp³-hybridized carbons (Fsp3) is 0.552. The molecule has 2 aliphatic rings. The van der Waals surface area contributed by atoms with Crippen LogP contribution >= 0.6 is 0 Å². The van der Waals surface area contributed by atoms with E-state index in [0.29, 0.717) is 50.3 Å². The number of hydrogen-bond acceptors (Lipinski definition) is 5. The van der Waals surface area contributed by atoms with Crippen molar-refractivity contribution in [2.75, 3.05) is 64.4 Å². The molecule has 0 unspecified atom stereocenters. The number of likely N-dealkylation sites (tertiary alicyclic amines) is 1. The van der Waals surface area contributed by atoms with Gasteiger partial charge in [-0.25, -0.2) is 0 Å². The maximum atomic E-state index is 13.2. The van der Waals surface area contributed by atoms with Gasteiger partial charge in [-0.1, -0.05) is 36.4 Å². The molecule has 2 atom stereocenters. The average molecular weight is 533 g/mol. The number of piperidine rings is 1. The molecule has 2 heterocycles. The van der Waals surface area contributed by atoms with Crippen LogP contribution in [-0.4, -0.2) is 81.3 Å². The maximum Gasteiger partial charge on any atom is 0.416 e. The van der Waals surface area contributed by atoms with Crippen molar-refractivity contribution in [3.63, 3.8) is 0 Å². The Kier molecular flexibility index (Phi) is 10.0. The Morgan fingerprint density at radius 2 is 1.79 bits per heavy atom. The molecule has 2 aromatic carbocycles. The van der Waals surface area contributed by atoms with Crippen LogP contribution in [0, 0.1) is 5.92 Å². The second-order valence-corrected chi connectivity index (χ2v) is 10.3. The summed E-state index contributed by atoms with van der Waals surface area (Å²) in [5.74, 6) is 0.399. The zero-order chi connectivity index (χ0) is 27.0. The highest BCUT2D eigenvalue weighted by Crippen LogP contribution is 2.33. The van der Waals surface area contributed by atoms with E-state index in [4.69, 9.17) is 4.74 Å². The number of rotatable bonds is 10. The Hall–Kier alpha value is -2.62. The number of methoxy groups -OCH3 is 1. The number of hydrogen-bond donors (Lipinski definition) is 1. The lowest BCUT2D eigenvalue weighted by molar-refractivity contribution is -0.137. The average Bonchev–Trinajstić information content (AvgIpc) is 2.92. The number of piperazine rings is 1. The molecule has 208 valence electrons. The first-order chi connectivity index (χ1) is 18.3. The van der Waals surface area contributed by atoms with Crippen LogP contribution in [0.1, 0.15) is 30.4 Å². The Morgan fingerprint density at radius 1 is 1.03 bits per heavy atom. The molecule has 2 aromatic rings. The summed E-state index contributed by atoms with van der Waals surface area (Å²) in [6.07, 6.45) is -2.03. The number of carbonyl (C=O) groups is 1. The molecule has 1 N–H and O–H groups in total. The second-order valence-electron chi connectivity index (χ2n) is 10.3. The summed E-state index contributed by atoms with van der Waals surface area (Å²) < 4.78 is 44.6. The van der Waals surface area contributed by atoms with Gasteiger partial charge in [0.05, 0.1) is 12.2 Å². The normalized spacial score (nSPS) is 21.4. The van der Waals surface area contributed by atoms with E-state index in [2.05, 4.69) is 44.3 Å². The van der Waals surface area contributed by atoms with Crippen molar-refractivity contribution in [1.29, 1.82) is 0 Å². The molecule has 1 amide bonds. The first-order valence-corrected chi connectivity index (χ1v) is 13.5. The number of amides is 1. The third kappa shape index (κ3) is 7.94. The fourth-order valence-electron chi connectivity index (χ4n) is 5.73. The van der Waals surface area contributed by atoms with Gasteiger partial charge in [0.25, 0.3) is 0 Å². The lowest BCUT2D eigenvalue weighted by Gasteiger charge is -2.47. The van der Waals surface area contributed by atoms with Crippen molar-refractivity contribution in [2.24, 2.45) is 5.92 Å². The number of anilines is 1. The lowest BCUT2D eigenvalue weighted by Crippen LogP contribution is -2.56. The Balaban J connectivity index is 1.37. The van der Waals surface area contributed by atoms with E-state index in [0.717, 1.165) is 51.6 Å². The van der Waals surface area contributed by atoms with Gasteiger partial charge < -0.3 is 15.0 Å². The third-order valence-electron chi connectivity index (χ3n) is 7.72. The minimum absolute atomic E-state index is 0.0512. The van der Waals surface area contributed by atoms with Gasteiger partial charge in [0, 0.05) is 71.1 Å². The molecule has 2 aliphatic heterocycles. The monoisotopic (exact) mass is 532 g/mol. The molecule has 38 heavy (non-hydrogen) atoms.